The van der Waals surface area contributed by atoms with Gasteiger partial charge in [-0.2, -0.15) is 13.2 Å². The van der Waals surface area contributed by atoms with Gasteiger partial charge < -0.3 is 10.2 Å². The minimum Gasteiger partial charge on any atom is -0.322 e. The lowest BCUT2D eigenvalue weighted by Gasteiger charge is -2.34. The maximum Gasteiger partial charge on any atom is 0.416 e. The summed E-state index contributed by atoms with van der Waals surface area (Å²) < 4.78 is 40.9. The number of anilines is 1. The minimum atomic E-state index is -4.46. The van der Waals surface area contributed by atoms with Gasteiger partial charge in [0.15, 0.2) is 5.65 Å². The van der Waals surface area contributed by atoms with Crippen LogP contribution in [0.1, 0.15) is 11.4 Å². The second kappa shape index (κ2) is 9.38. The van der Waals surface area contributed by atoms with Gasteiger partial charge in [0.2, 0.25) is 0 Å². The van der Waals surface area contributed by atoms with E-state index in [9.17, 15) is 18.0 Å². The first-order chi connectivity index (χ1) is 16.9. The molecule has 180 valence electrons. The second-order valence-corrected chi connectivity index (χ2v) is 8.32. The van der Waals surface area contributed by atoms with Gasteiger partial charge >= 0.3 is 12.2 Å². The average molecular weight is 480 g/mol. The van der Waals surface area contributed by atoms with Gasteiger partial charge in [0.1, 0.15) is 11.3 Å². The summed E-state index contributed by atoms with van der Waals surface area (Å²) in [6.45, 7) is 2.71. The quantitative estimate of drug-likeness (QED) is 0.456. The predicted octanol–water partition coefficient (Wildman–Crippen LogP) is 4.79. The van der Waals surface area contributed by atoms with Crippen molar-refractivity contribution in [1.29, 1.82) is 0 Å². The van der Waals surface area contributed by atoms with Crippen LogP contribution in [0.15, 0.2) is 72.9 Å². The molecular formula is C25H23F3N6O. The van der Waals surface area contributed by atoms with Crippen LogP contribution in [0.2, 0.25) is 0 Å². The number of pyridine rings is 1. The normalized spacial score (nSPS) is 14.9. The molecule has 1 aliphatic heterocycles. The summed E-state index contributed by atoms with van der Waals surface area (Å²) in [5.41, 5.74) is 1.90. The Morgan fingerprint density at radius 1 is 0.943 bits per heavy atom. The van der Waals surface area contributed by atoms with E-state index in [-0.39, 0.29) is 5.69 Å². The van der Waals surface area contributed by atoms with Gasteiger partial charge in [0.25, 0.3) is 0 Å². The summed E-state index contributed by atoms with van der Waals surface area (Å²) >= 11 is 0. The van der Waals surface area contributed by atoms with Crippen molar-refractivity contribution in [3.63, 3.8) is 0 Å². The Kier molecular flexibility index (Phi) is 6.12. The van der Waals surface area contributed by atoms with Gasteiger partial charge in [0, 0.05) is 43.8 Å². The zero-order valence-corrected chi connectivity index (χ0v) is 18.7. The van der Waals surface area contributed by atoms with Gasteiger partial charge in [-0.25, -0.2) is 14.8 Å². The van der Waals surface area contributed by atoms with Gasteiger partial charge in [-0.1, -0.05) is 24.3 Å². The fourth-order valence-corrected chi connectivity index (χ4v) is 4.20. The van der Waals surface area contributed by atoms with Crippen molar-refractivity contribution in [2.75, 3.05) is 31.5 Å². The highest BCUT2D eigenvalue weighted by Gasteiger charge is 2.31. The number of hydrogen-bond acceptors (Lipinski definition) is 4. The Labute approximate surface area is 199 Å². The molecule has 0 bridgehead atoms. The molecule has 3 heterocycles. The summed E-state index contributed by atoms with van der Waals surface area (Å²) in [6, 6.07) is 17.9. The molecule has 5 rings (SSSR count). The Balaban J connectivity index is 1.25. The van der Waals surface area contributed by atoms with Crippen LogP contribution in [0.5, 0.6) is 0 Å². The molecule has 0 saturated carbocycles. The molecule has 7 nitrogen and oxygen atoms in total. The van der Waals surface area contributed by atoms with Crippen molar-refractivity contribution in [2.24, 2.45) is 0 Å². The molecule has 2 amide bonds. The van der Waals surface area contributed by atoms with Crippen LogP contribution in [-0.4, -0.2) is 56.5 Å². The molecule has 0 atom stereocenters. The van der Waals surface area contributed by atoms with E-state index >= 15 is 0 Å². The van der Waals surface area contributed by atoms with Gasteiger partial charge in [-0.05, 0) is 42.5 Å². The van der Waals surface area contributed by atoms with Crippen molar-refractivity contribution in [2.45, 2.75) is 12.7 Å². The molecule has 1 N–H and O–H groups in total. The van der Waals surface area contributed by atoms with Gasteiger partial charge in [-0.15, -0.1) is 0 Å². The summed E-state index contributed by atoms with van der Waals surface area (Å²) in [5, 5.41) is 2.58. The SMILES string of the molecule is O=C(Nc1cccc(C(F)(F)F)c1)N1CCN(Cc2nc3cccnc3n2-c2ccccc2)CC1. The number of fused-ring (bicyclic) bond motifs is 1. The summed E-state index contributed by atoms with van der Waals surface area (Å²) in [6.07, 6.45) is -2.72. The highest BCUT2D eigenvalue weighted by Crippen LogP contribution is 2.30. The number of alkyl halides is 3. The summed E-state index contributed by atoms with van der Waals surface area (Å²) in [5.74, 6) is 0.853. The third-order valence-electron chi connectivity index (χ3n) is 5.97. The van der Waals surface area contributed by atoms with E-state index in [0.29, 0.717) is 32.7 Å². The molecule has 4 aromatic rings. The Morgan fingerprint density at radius 3 is 2.46 bits per heavy atom. The molecule has 0 radical (unpaired) electrons. The zero-order valence-electron chi connectivity index (χ0n) is 18.7. The van der Waals surface area contributed by atoms with Crippen LogP contribution in [0.25, 0.3) is 16.9 Å². The van der Waals surface area contributed by atoms with Crippen LogP contribution in [-0.2, 0) is 12.7 Å². The largest absolute Gasteiger partial charge is 0.416 e. The van der Waals surface area contributed by atoms with E-state index in [2.05, 4.69) is 15.2 Å². The van der Waals surface area contributed by atoms with Gasteiger partial charge in [-0.3, -0.25) is 9.47 Å². The number of nitrogens with zero attached hydrogens (tertiary/aromatic N) is 5. The van der Waals surface area contributed by atoms with E-state index in [4.69, 9.17) is 4.98 Å². The summed E-state index contributed by atoms with van der Waals surface area (Å²) in [7, 11) is 0. The number of amides is 2. The molecule has 0 aliphatic carbocycles. The fraction of sp³-hybridized carbons (Fsp3) is 0.240. The first-order valence-corrected chi connectivity index (χ1v) is 11.2. The predicted molar refractivity (Wildman–Crippen MR) is 126 cm³/mol. The molecule has 35 heavy (non-hydrogen) atoms. The van der Waals surface area contributed by atoms with Crippen molar-refractivity contribution in [3.8, 4) is 5.69 Å². The molecule has 1 saturated heterocycles. The van der Waals surface area contributed by atoms with Crippen LogP contribution >= 0.6 is 0 Å². The summed E-state index contributed by atoms with van der Waals surface area (Å²) in [4.78, 5) is 25.8. The van der Waals surface area contributed by atoms with Gasteiger partial charge in [0.05, 0.1) is 12.1 Å². The number of nitrogens with one attached hydrogen (secondary N) is 1. The number of imidazole rings is 1. The minimum absolute atomic E-state index is 0.122. The second-order valence-electron chi connectivity index (χ2n) is 8.32. The third kappa shape index (κ3) is 4.97. The first-order valence-electron chi connectivity index (χ1n) is 11.2. The molecule has 1 aliphatic rings. The molecule has 2 aromatic heterocycles. The number of hydrogen-bond donors (Lipinski definition) is 1. The van der Waals surface area contributed by atoms with Crippen molar-refractivity contribution in [3.05, 3.63) is 84.3 Å². The van der Waals surface area contributed by atoms with Crippen LogP contribution in [0.3, 0.4) is 0 Å². The molecular weight excluding hydrogens is 457 g/mol. The molecule has 0 spiro atoms. The first kappa shape index (κ1) is 22.9. The van der Waals surface area contributed by atoms with E-state index in [1.165, 1.54) is 12.1 Å². The Bertz CT molecular complexity index is 1330. The third-order valence-corrected chi connectivity index (χ3v) is 5.97. The Morgan fingerprint density at radius 2 is 1.71 bits per heavy atom. The lowest BCUT2D eigenvalue weighted by atomic mass is 10.2. The number of halogens is 3. The standard InChI is InChI=1S/C25H23F3N6O/c26-25(27,28)18-6-4-7-19(16-18)30-24(35)33-14-12-32(13-15-33)17-22-31-21-10-5-11-29-23(21)34(22)20-8-2-1-3-9-20/h1-11,16H,12-15,17H2,(H,30,35). The van der Waals surface area contributed by atoms with E-state index in [1.54, 1.807) is 11.1 Å². The number of piperazine rings is 1. The molecule has 2 aromatic carbocycles. The highest BCUT2D eigenvalue weighted by atomic mass is 19.4. The number of benzene rings is 2. The van der Waals surface area contributed by atoms with Crippen LogP contribution in [0, 0.1) is 0 Å². The average Bonchev–Trinajstić information content (AvgIpc) is 3.22. The van der Waals surface area contributed by atoms with Crippen molar-refractivity contribution >= 4 is 22.9 Å². The van der Waals surface area contributed by atoms with Crippen LogP contribution < -0.4 is 5.32 Å². The Hall–Kier alpha value is -3.92. The topological polar surface area (TPSA) is 66.3 Å². The van der Waals surface area contributed by atoms with Crippen molar-refractivity contribution in [1.82, 2.24) is 24.3 Å². The lowest BCUT2D eigenvalue weighted by molar-refractivity contribution is -0.137. The van der Waals surface area contributed by atoms with E-state index in [0.717, 1.165) is 34.8 Å². The fourth-order valence-electron chi connectivity index (χ4n) is 4.20. The van der Waals surface area contributed by atoms with Crippen molar-refractivity contribution < 1.29 is 18.0 Å². The molecule has 1 fully saturated rings. The number of rotatable bonds is 4. The molecule has 0 unspecified atom stereocenters. The number of para-hydroxylation sites is 1. The smallest absolute Gasteiger partial charge is 0.322 e. The maximum absolute atomic E-state index is 12.9. The number of carbonyl (C=O) groups excluding carboxylic acids is 1. The van der Waals surface area contributed by atoms with Crippen LogP contribution in [0.4, 0.5) is 23.7 Å². The molecule has 10 heteroatoms. The number of urea groups is 1. The number of aromatic nitrogens is 3. The van der Waals surface area contributed by atoms with E-state index in [1.807, 2.05) is 47.0 Å². The lowest BCUT2D eigenvalue weighted by Crippen LogP contribution is -2.49. The maximum atomic E-state index is 12.9. The van der Waals surface area contributed by atoms with E-state index < -0.39 is 17.8 Å². The zero-order chi connectivity index (χ0) is 24.4. The monoisotopic (exact) mass is 480 g/mol. The number of carbonyl (C=O) groups is 1. The highest BCUT2D eigenvalue weighted by molar-refractivity contribution is 5.89.